The maximum atomic E-state index is 3.76. The Morgan fingerprint density at radius 3 is 2.55 bits per heavy atom. The van der Waals surface area contributed by atoms with Crippen LogP contribution >= 0.6 is 0 Å². The Morgan fingerprint density at radius 2 is 1.80 bits per heavy atom. The van der Waals surface area contributed by atoms with E-state index in [0.29, 0.717) is 6.04 Å². The molecule has 0 aromatic heterocycles. The van der Waals surface area contributed by atoms with Crippen LogP contribution in [0.5, 0.6) is 0 Å². The zero-order chi connectivity index (χ0) is 14.4. The van der Waals surface area contributed by atoms with E-state index in [2.05, 4.69) is 31.0 Å². The van der Waals surface area contributed by atoms with Gasteiger partial charge in [-0.1, -0.05) is 39.5 Å². The summed E-state index contributed by atoms with van der Waals surface area (Å²) >= 11 is 0. The van der Waals surface area contributed by atoms with Gasteiger partial charge in [-0.25, -0.2) is 0 Å². The van der Waals surface area contributed by atoms with Crippen molar-refractivity contribution >= 4 is 0 Å². The summed E-state index contributed by atoms with van der Waals surface area (Å²) in [6, 6.07) is 2.33. The van der Waals surface area contributed by atoms with E-state index in [1.165, 1.54) is 70.9 Å². The fraction of sp³-hybridized carbons (Fsp3) is 1.00. The van der Waals surface area contributed by atoms with Gasteiger partial charge in [-0.2, -0.15) is 0 Å². The van der Waals surface area contributed by atoms with Crippen LogP contribution in [0, 0.1) is 5.92 Å². The van der Waals surface area contributed by atoms with Crippen molar-refractivity contribution in [3.63, 3.8) is 0 Å². The van der Waals surface area contributed by atoms with Crippen LogP contribution < -0.4 is 5.32 Å². The minimum Gasteiger partial charge on any atom is -0.313 e. The molecule has 1 saturated heterocycles. The Bertz CT molecular complexity index is 266. The van der Waals surface area contributed by atoms with E-state index in [4.69, 9.17) is 0 Å². The number of nitrogens with zero attached hydrogens (tertiary/aromatic N) is 1. The molecular formula is C18H36N2. The van der Waals surface area contributed by atoms with Crippen LogP contribution in [0.2, 0.25) is 0 Å². The molecule has 2 nitrogen and oxygen atoms in total. The van der Waals surface area contributed by atoms with E-state index in [9.17, 15) is 0 Å². The molecule has 0 bridgehead atoms. The molecular weight excluding hydrogens is 244 g/mol. The summed E-state index contributed by atoms with van der Waals surface area (Å²) in [6.07, 6.45) is 12.7. The fourth-order valence-corrected chi connectivity index (χ4v) is 4.54. The maximum Gasteiger partial charge on any atom is 0.0249 e. The number of piperidine rings is 1. The van der Waals surface area contributed by atoms with Crippen molar-refractivity contribution in [2.24, 2.45) is 5.92 Å². The van der Waals surface area contributed by atoms with E-state index in [0.717, 1.165) is 18.0 Å². The molecule has 1 heterocycles. The predicted molar refractivity (Wildman–Crippen MR) is 88.1 cm³/mol. The van der Waals surface area contributed by atoms with Gasteiger partial charge in [0.25, 0.3) is 0 Å². The number of hydrogen-bond acceptors (Lipinski definition) is 2. The third kappa shape index (κ3) is 3.98. The van der Waals surface area contributed by atoms with Gasteiger partial charge >= 0.3 is 0 Å². The summed E-state index contributed by atoms with van der Waals surface area (Å²) in [5.74, 6) is 0.961. The number of likely N-dealkylation sites (tertiary alicyclic amines) is 1. The van der Waals surface area contributed by atoms with Gasteiger partial charge in [-0.3, -0.25) is 4.90 Å². The molecule has 0 aromatic rings. The van der Waals surface area contributed by atoms with Gasteiger partial charge in [0, 0.05) is 18.1 Å². The molecule has 118 valence electrons. The second kappa shape index (κ2) is 8.38. The van der Waals surface area contributed by atoms with Crippen LogP contribution in [-0.4, -0.2) is 36.1 Å². The average Bonchev–Trinajstić information content (AvgIpc) is 2.52. The highest BCUT2D eigenvalue weighted by molar-refractivity contribution is 4.92. The minimum atomic E-state index is 0.662. The molecule has 0 spiro atoms. The van der Waals surface area contributed by atoms with Crippen LogP contribution in [0.4, 0.5) is 0 Å². The summed E-state index contributed by atoms with van der Waals surface area (Å²) < 4.78 is 0. The first-order chi connectivity index (χ1) is 9.77. The Balaban J connectivity index is 2.01. The topological polar surface area (TPSA) is 15.3 Å². The number of hydrogen-bond donors (Lipinski definition) is 1. The van der Waals surface area contributed by atoms with Crippen LogP contribution in [0.25, 0.3) is 0 Å². The van der Waals surface area contributed by atoms with Gasteiger partial charge in [-0.05, 0) is 58.0 Å². The molecule has 2 rings (SSSR count). The Labute approximate surface area is 126 Å². The molecule has 1 aliphatic carbocycles. The first-order valence-corrected chi connectivity index (χ1v) is 9.27. The molecule has 0 amide bonds. The van der Waals surface area contributed by atoms with Gasteiger partial charge in [0.05, 0.1) is 0 Å². The van der Waals surface area contributed by atoms with E-state index in [1.54, 1.807) is 0 Å². The first kappa shape index (κ1) is 16.3. The summed E-state index contributed by atoms with van der Waals surface area (Å²) in [5.41, 5.74) is 0. The van der Waals surface area contributed by atoms with E-state index in [-0.39, 0.29) is 0 Å². The van der Waals surface area contributed by atoms with E-state index in [1.807, 2.05) is 0 Å². The molecule has 4 unspecified atom stereocenters. The lowest BCUT2D eigenvalue weighted by molar-refractivity contribution is 0.0233. The summed E-state index contributed by atoms with van der Waals surface area (Å²) in [7, 11) is 0. The Morgan fingerprint density at radius 1 is 1.05 bits per heavy atom. The smallest absolute Gasteiger partial charge is 0.0249 e. The van der Waals surface area contributed by atoms with Crippen molar-refractivity contribution in [1.29, 1.82) is 0 Å². The third-order valence-corrected chi connectivity index (χ3v) is 5.70. The number of nitrogens with one attached hydrogen (secondary N) is 1. The molecule has 1 saturated carbocycles. The third-order valence-electron chi connectivity index (χ3n) is 5.70. The van der Waals surface area contributed by atoms with Gasteiger partial charge in [0.15, 0.2) is 0 Å². The van der Waals surface area contributed by atoms with Crippen molar-refractivity contribution < 1.29 is 0 Å². The highest BCUT2D eigenvalue weighted by atomic mass is 15.2. The first-order valence-electron chi connectivity index (χ1n) is 9.27. The second-order valence-electron chi connectivity index (χ2n) is 7.06. The average molecular weight is 280 g/mol. The lowest BCUT2D eigenvalue weighted by Crippen LogP contribution is -2.57. The van der Waals surface area contributed by atoms with Crippen LogP contribution in [-0.2, 0) is 0 Å². The summed E-state index contributed by atoms with van der Waals surface area (Å²) in [4.78, 5) is 2.92. The summed E-state index contributed by atoms with van der Waals surface area (Å²) in [5, 5.41) is 3.76. The van der Waals surface area contributed by atoms with Gasteiger partial charge in [-0.15, -0.1) is 0 Å². The van der Waals surface area contributed by atoms with Crippen LogP contribution in [0.15, 0.2) is 0 Å². The molecule has 2 fully saturated rings. The molecule has 1 aliphatic heterocycles. The number of rotatable bonds is 6. The quantitative estimate of drug-likeness (QED) is 0.784. The molecule has 2 aliphatic rings. The Kier molecular flexibility index (Phi) is 6.83. The zero-order valence-corrected chi connectivity index (χ0v) is 14.0. The highest BCUT2D eigenvalue weighted by Gasteiger charge is 2.36. The van der Waals surface area contributed by atoms with Crippen molar-refractivity contribution in [1.82, 2.24) is 10.2 Å². The second-order valence-corrected chi connectivity index (χ2v) is 7.06. The molecule has 1 N–H and O–H groups in total. The molecule has 2 heteroatoms. The maximum absolute atomic E-state index is 3.76. The van der Waals surface area contributed by atoms with Gasteiger partial charge in [0.1, 0.15) is 0 Å². The van der Waals surface area contributed by atoms with Gasteiger partial charge in [0.2, 0.25) is 0 Å². The zero-order valence-electron chi connectivity index (χ0n) is 14.0. The predicted octanol–water partition coefficient (Wildman–Crippen LogP) is 4.20. The molecule has 0 radical (unpaired) electrons. The van der Waals surface area contributed by atoms with E-state index >= 15 is 0 Å². The standard InChI is InChI=1S/C18H36N2/c1-4-13-19-15(3)17-11-8-9-14-20(17)18-12-7-6-10-16(18)5-2/h15-19H,4-14H2,1-3H3. The van der Waals surface area contributed by atoms with Crippen molar-refractivity contribution in [3.8, 4) is 0 Å². The van der Waals surface area contributed by atoms with Crippen molar-refractivity contribution in [2.75, 3.05) is 13.1 Å². The normalized spacial score (nSPS) is 34.0. The van der Waals surface area contributed by atoms with E-state index < -0.39 is 0 Å². The summed E-state index contributed by atoms with van der Waals surface area (Å²) in [6.45, 7) is 9.62. The van der Waals surface area contributed by atoms with Crippen molar-refractivity contribution in [3.05, 3.63) is 0 Å². The van der Waals surface area contributed by atoms with Crippen molar-refractivity contribution in [2.45, 2.75) is 96.7 Å². The monoisotopic (exact) mass is 280 g/mol. The highest BCUT2D eigenvalue weighted by Crippen LogP contribution is 2.34. The van der Waals surface area contributed by atoms with Crippen LogP contribution in [0.1, 0.15) is 78.6 Å². The minimum absolute atomic E-state index is 0.662. The molecule has 20 heavy (non-hydrogen) atoms. The fourth-order valence-electron chi connectivity index (χ4n) is 4.54. The molecule has 4 atom stereocenters. The Hall–Kier alpha value is -0.0800. The lowest BCUT2D eigenvalue weighted by Gasteiger charge is -2.48. The lowest BCUT2D eigenvalue weighted by atomic mass is 9.79. The van der Waals surface area contributed by atoms with Gasteiger partial charge < -0.3 is 5.32 Å². The van der Waals surface area contributed by atoms with Crippen LogP contribution in [0.3, 0.4) is 0 Å². The SMILES string of the molecule is CCCNC(C)C1CCCCN1C1CCCCC1CC. The molecule has 0 aromatic carbocycles. The largest absolute Gasteiger partial charge is 0.313 e.